The van der Waals surface area contributed by atoms with E-state index in [0.717, 1.165) is 19.3 Å². The molecule has 1 aliphatic carbocycles. The maximum Gasteiger partial charge on any atom is 0.303 e. The van der Waals surface area contributed by atoms with Crippen LogP contribution < -0.4 is 5.32 Å². The third-order valence-corrected chi connectivity index (χ3v) is 4.21. The molecule has 0 aromatic heterocycles. The summed E-state index contributed by atoms with van der Waals surface area (Å²) in [6.07, 6.45) is 6.20. The number of aliphatic carboxylic acids is 1. The molecule has 0 bridgehead atoms. The van der Waals surface area contributed by atoms with Crippen LogP contribution in [0.1, 0.15) is 58.8 Å². The van der Waals surface area contributed by atoms with Gasteiger partial charge in [0.25, 0.3) is 0 Å². The highest BCUT2D eigenvalue weighted by Crippen LogP contribution is 2.25. The van der Waals surface area contributed by atoms with Crippen LogP contribution in [0.25, 0.3) is 0 Å². The van der Waals surface area contributed by atoms with Crippen LogP contribution in [0.3, 0.4) is 0 Å². The number of carbonyl (C=O) groups excluding carboxylic acids is 1. The molecule has 1 atom stereocenters. The molecule has 1 fully saturated rings. The average Bonchev–Trinajstić information content (AvgIpc) is 2.86. The summed E-state index contributed by atoms with van der Waals surface area (Å²) < 4.78 is 0. The van der Waals surface area contributed by atoms with Gasteiger partial charge in [-0.3, -0.25) is 9.59 Å². The van der Waals surface area contributed by atoms with Gasteiger partial charge in [-0.25, -0.2) is 0 Å². The van der Waals surface area contributed by atoms with E-state index in [9.17, 15) is 9.59 Å². The first-order chi connectivity index (χ1) is 9.00. The molecule has 4 nitrogen and oxygen atoms in total. The lowest BCUT2D eigenvalue weighted by molar-refractivity contribution is -0.137. The Morgan fingerprint density at radius 2 is 1.84 bits per heavy atom. The van der Waals surface area contributed by atoms with Gasteiger partial charge in [0.2, 0.25) is 5.91 Å². The van der Waals surface area contributed by atoms with Gasteiger partial charge in [-0.1, -0.05) is 26.7 Å². The highest BCUT2D eigenvalue weighted by atomic mass is 16.4. The normalized spacial score (nSPS) is 17.6. The third-order valence-electron chi connectivity index (χ3n) is 4.21. The Bertz CT molecular complexity index is 296. The molecule has 4 heteroatoms. The number of hydrogen-bond donors (Lipinski definition) is 2. The summed E-state index contributed by atoms with van der Waals surface area (Å²) in [5.41, 5.74) is 0. The van der Waals surface area contributed by atoms with Gasteiger partial charge in [-0.2, -0.15) is 0 Å². The van der Waals surface area contributed by atoms with Gasteiger partial charge >= 0.3 is 5.97 Å². The molecule has 1 aliphatic rings. The molecule has 19 heavy (non-hydrogen) atoms. The Labute approximate surface area is 116 Å². The Kier molecular flexibility index (Phi) is 6.89. The van der Waals surface area contributed by atoms with Crippen LogP contribution in [0.5, 0.6) is 0 Å². The van der Waals surface area contributed by atoms with Crippen molar-refractivity contribution in [3.8, 4) is 0 Å². The average molecular weight is 269 g/mol. The SMILES string of the molecule is CC(C)C(CCNC(=O)C1CCCC1)CCC(=O)O. The van der Waals surface area contributed by atoms with Gasteiger partial charge < -0.3 is 10.4 Å². The van der Waals surface area contributed by atoms with E-state index in [-0.39, 0.29) is 18.2 Å². The van der Waals surface area contributed by atoms with Crippen molar-refractivity contribution in [1.82, 2.24) is 5.32 Å². The van der Waals surface area contributed by atoms with Crippen molar-refractivity contribution in [1.29, 1.82) is 0 Å². The number of rotatable bonds is 8. The largest absolute Gasteiger partial charge is 0.481 e. The first kappa shape index (κ1) is 16.0. The fourth-order valence-corrected chi connectivity index (χ4v) is 2.83. The predicted molar refractivity (Wildman–Crippen MR) is 74.8 cm³/mol. The number of amides is 1. The van der Waals surface area contributed by atoms with Crippen LogP contribution in [0.2, 0.25) is 0 Å². The van der Waals surface area contributed by atoms with E-state index in [2.05, 4.69) is 19.2 Å². The molecule has 110 valence electrons. The quantitative estimate of drug-likeness (QED) is 0.712. The molecule has 1 rings (SSSR count). The summed E-state index contributed by atoms with van der Waals surface area (Å²) in [4.78, 5) is 22.5. The zero-order valence-electron chi connectivity index (χ0n) is 12.2. The topological polar surface area (TPSA) is 66.4 Å². The number of hydrogen-bond acceptors (Lipinski definition) is 2. The van der Waals surface area contributed by atoms with Crippen LogP contribution >= 0.6 is 0 Å². The van der Waals surface area contributed by atoms with E-state index in [0.29, 0.717) is 24.8 Å². The first-order valence-electron chi connectivity index (χ1n) is 7.50. The van der Waals surface area contributed by atoms with Gasteiger partial charge in [0, 0.05) is 18.9 Å². The van der Waals surface area contributed by atoms with Gasteiger partial charge in [-0.15, -0.1) is 0 Å². The maximum absolute atomic E-state index is 11.9. The summed E-state index contributed by atoms with van der Waals surface area (Å²) in [6.45, 7) is 4.91. The maximum atomic E-state index is 11.9. The molecule has 1 amide bonds. The highest BCUT2D eigenvalue weighted by molar-refractivity contribution is 5.78. The minimum Gasteiger partial charge on any atom is -0.481 e. The number of carbonyl (C=O) groups is 2. The van der Waals surface area contributed by atoms with Crippen molar-refractivity contribution >= 4 is 11.9 Å². The molecule has 0 aliphatic heterocycles. The Morgan fingerprint density at radius 3 is 2.37 bits per heavy atom. The van der Waals surface area contributed by atoms with E-state index in [1.54, 1.807) is 0 Å². The lowest BCUT2D eigenvalue weighted by atomic mass is 9.88. The van der Waals surface area contributed by atoms with E-state index in [1.807, 2.05) is 0 Å². The first-order valence-corrected chi connectivity index (χ1v) is 7.50. The lowest BCUT2D eigenvalue weighted by Gasteiger charge is -2.20. The highest BCUT2D eigenvalue weighted by Gasteiger charge is 2.22. The van der Waals surface area contributed by atoms with E-state index >= 15 is 0 Å². The molecule has 0 saturated heterocycles. The fraction of sp³-hybridized carbons (Fsp3) is 0.867. The summed E-state index contributed by atoms with van der Waals surface area (Å²) in [5, 5.41) is 11.7. The van der Waals surface area contributed by atoms with Crippen LogP contribution in [0.15, 0.2) is 0 Å². The van der Waals surface area contributed by atoms with Crippen molar-refractivity contribution < 1.29 is 14.7 Å². The molecular formula is C15H27NO3. The van der Waals surface area contributed by atoms with E-state index in [1.165, 1.54) is 12.8 Å². The Hall–Kier alpha value is -1.06. The number of nitrogens with one attached hydrogen (secondary N) is 1. The summed E-state index contributed by atoms with van der Waals surface area (Å²) >= 11 is 0. The standard InChI is InChI=1S/C15H27NO3/c1-11(2)12(7-8-14(17)18)9-10-16-15(19)13-5-3-4-6-13/h11-13H,3-10H2,1-2H3,(H,16,19)(H,17,18). The summed E-state index contributed by atoms with van der Waals surface area (Å²) in [6, 6.07) is 0. The Balaban J connectivity index is 2.23. The molecule has 1 saturated carbocycles. The molecule has 0 aromatic carbocycles. The van der Waals surface area contributed by atoms with E-state index < -0.39 is 5.97 Å². The predicted octanol–water partition coefficient (Wildman–Crippen LogP) is 2.82. The molecule has 0 heterocycles. The van der Waals surface area contributed by atoms with Gasteiger partial charge in [0.05, 0.1) is 0 Å². The molecular weight excluding hydrogens is 242 g/mol. The molecule has 0 spiro atoms. The smallest absolute Gasteiger partial charge is 0.303 e. The molecule has 2 N–H and O–H groups in total. The second-order valence-corrected chi connectivity index (χ2v) is 6.00. The van der Waals surface area contributed by atoms with Crippen molar-refractivity contribution in [2.24, 2.45) is 17.8 Å². The van der Waals surface area contributed by atoms with Crippen LogP contribution in [-0.2, 0) is 9.59 Å². The Morgan fingerprint density at radius 1 is 1.21 bits per heavy atom. The van der Waals surface area contributed by atoms with Crippen LogP contribution in [0.4, 0.5) is 0 Å². The number of carboxylic acid groups (broad SMARTS) is 1. The van der Waals surface area contributed by atoms with Gasteiger partial charge in [0.1, 0.15) is 0 Å². The van der Waals surface area contributed by atoms with Crippen molar-refractivity contribution in [3.05, 3.63) is 0 Å². The van der Waals surface area contributed by atoms with Crippen molar-refractivity contribution in [3.63, 3.8) is 0 Å². The summed E-state index contributed by atoms with van der Waals surface area (Å²) in [7, 11) is 0. The molecule has 0 radical (unpaired) electrons. The third kappa shape index (κ3) is 6.08. The zero-order valence-corrected chi connectivity index (χ0v) is 12.2. The van der Waals surface area contributed by atoms with Crippen molar-refractivity contribution in [2.45, 2.75) is 58.8 Å². The van der Waals surface area contributed by atoms with Crippen LogP contribution in [0, 0.1) is 17.8 Å². The van der Waals surface area contributed by atoms with Gasteiger partial charge in [0.15, 0.2) is 0 Å². The van der Waals surface area contributed by atoms with Gasteiger partial charge in [-0.05, 0) is 37.5 Å². The fourth-order valence-electron chi connectivity index (χ4n) is 2.83. The summed E-state index contributed by atoms with van der Waals surface area (Å²) in [5.74, 6) is 0.512. The van der Waals surface area contributed by atoms with Crippen molar-refractivity contribution in [2.75, 3.05) is 6.54 Å². The second-order valence-electron chi connectivity index (χ2n) is 6.00. The molecule has 0 aromatic rings. The number of carboxylic acids is 1. The second kappa shape index (κ2) is 8.18. The lowest BCUT2D eigenvalue weighted by Crippen LogP contribution is -2.31. The minimum absolute atomic E-state index is 0.193. The molecule has 1 unspecified atom stereocenters. The van der Waals surface area contributed by atoms with E-state index in [4.69, 9.17) is 5.11 Å². The monoisotopic (exact) mass is 269 g/mol. The zero-order chi connectivity index (χ0) is 14.3. The van der Waals surface area contributed by atoms with Crippen LogP contribution in [-0.4, -0.2) is 23.5 Å². The minimum atomic E-state index is -0.736.